The maximum atomic E-state index is 11.8. The van der Waals surface area contributed by atoms with Gasteiger partial charge in [0, 0.05) is 52.4 Å². The van der Waals surface area contributed by atoms with Crippen molar-refractivity contribution in [2.75, 3.05) is 33.7 Å². The lowest BCUT2D eigenvalue weighted by Crippen LogP contribution is -2.43. The predicted octanol–water partition coefficient (Wildman–Crippen LogP) is 4.34. The highest BCUT2D eigenvalue weighted by atomic mass is 16.6. The van der Waals surface area contributed by atoms with Crippen LogP contribution in [0.5, 0.6) is 17.2 Å². The topological polar surface area (TPSA) is 79.9 Å². The van der Waals surface area contributed by atoms with Crippen LogP contribution in [0, 0.1) is 0 Å². The number of hydrogen-bond acceptors (Lipinski definition) is 6. The van der Waals surface area contributed by atoms with Gasteiger partial charge in [0.1, 0.15) is 29.5 Å². The van der Waals surface area contributed by atoms with Crippen molar-refractivity contribution in [1.82, 2.24) is 20.0 Å². The molecule has 1 amide bonds. The van der Waals surface area contributed by atoms with Gasteiger partial charge in [-0.15, -0.1) is 0 Å². The lowest BCUT2D eigenvalue weighted by atomic mass is 10.1. The van der Waals surface area contributed by atoms with E-state index in [1.165, 1.54) is 10.5 Å². The quantitative estimate of drug-likeness (QED) is 0.587. The number of carbonyl (C=O) groups is 1. The Morgan fingerprint density at radius 3 is 2.59 bits per heavy atom. The molecule has 3 aromatic rings. The van der Waals surface area contributed by atoms with Gasteiger partial charge in [-0.2, -0.15) is 5.10 Å². The monoisotopic (exact) mass is 462 g/mol. The van der Waals surface area contributed by atoms with E-state index in [0.717, 1.165) is 67.4 Å². The zero-order valence-corrected chi connectivity index (χ0v) is 19.6. The average molecular weight is 463 g/mol. The second-order valence-corrected chi connectivity index (χ2v) is 9.09. The van der Waals surface area contributed by atoms with E-state index in [1.807, 2.05) is 42.5 Å². The summed E-state index contributed by atoms with van der Waals surface area (Å²) in [5.74, 6) is 2.43. The Morgan fingerprint density at radius 2 is 1.88 bits per heavy atom. The van der Waals surface area contributed by atoms with Crippen molar-refractivity contribution in [3.05, 3.63) is 60.3 Å². The van der Waals surface area contributed by atoms with Gasteiger partial charge in [-0.25, -0.2) is 4.79 Å². The largest absolute Gasteiger partial charge is 0.488 e. The van der Waals surface area contributed by atoms with Crippen LogP contribution in [0.1, 0.15) is 18.4 Å². The minimum atomic E-state index is -0.264. The van der Waals surface area contributed by atoms with E-state index in [2.05, 4.69) is 21.2 Å². The Kier molecular flexibility index (Phi) is 6.40. The highest BCUT2D eigenvalue weighted by molar-refractivity contribution is 5.67. The Hall–Kier alpha value is -3.52. The van der Waals surface area contributed by atoms with Crippen molar-refractivity contribution >= 4 is 6.09 Å². The molecule has 1 saturated heterocycles. The summed E-state index contributed by atoms with van der Waals surface area (Å²) in [6, 6.07) is 15.9. The highest BCUT2D eigenvalue weighted by Crippen LogP contribution is 2.35. The number of ether oxygens (including phenoxy) is 3. The van der Waals surface area contributed by atoms with E-state index >= 15 is 0 Å². The second-order valence-electron chi connectivity index (χ2n) is 9.09. The number of amides is 1. The molecule has 0 bridgehead atoms. The molecule has 1 aromatic heterocycles. The normalized spacial score (nSPS) is 18.2. The Morgan fingerprint density at radius 1 is 1.12 bits per heavy atom. The van der Waals surface area contributed by atoms with Gasteiger partial charge in [0.2, 0.25) is 0 Å². The maximum absolute atomic E-state index is 11.8. The molecule has 1 N–H and O–H groups in total. The number of piperidine rings is 1. The molecule has 3 heterocycles. The first-order valence-corrected chi connectivity index (χ1v) is 11.7. The zero-order chi connectivity index (χ0) is 23.5. The van der Waals surface area contributed by atoms with E-state index < -0.39 is 0 Å². The van der Waals surface area contributed by atoms with Crippen LogP contribution in [0.25, 0.3) is 11.3 Å². The van der Waals surface area contributed by atoms with Gasteiger partial charge in [0.25, 0.3) is 0 Å². The van der Waals surface area contributed by atoms with Gasteiger partial charge in [-0.3, -0.25) is 10.00 Å². The van der Waals surface area contributed by atoms with Gasteiger partial charge in [-0.05, 0) is 60.4 Å². The van der Waals surface area contributed by atoms with Gasteiger partial charge in [0.15, 0.2) is 0 Å². The fourth-order valence-corrected chi connectivity index (χ4v) is 4.45. The molecule has 2 aliphatic rings. The van der Waals surface area contributed by atoms with Crippen LogP contribution in [-0.4, -0.2) is 72.0 Å². The molecule has 0 aliphatic carbocycles. The van der Waals surface area contributed by atoms with E-state index in [9.17, 15) is 4.79 Å². The lowest BCUT2D eigenvalue weighted by Gasteiger charge is -2.33. The van der Waals surface area contributed by atoms with Crippen LogP contribution in [0.3, 0.4) is 0 Å². The molecular weight excluding hydrogens is 432 g/mol. The zero-order valence-electron chi connectivity index (χ0n) is 19.6. The third kappa shape index (κ3) is 5.17. The van der Waals surface area contributed by atoms with Crippen molar-refractivity contribution in [2.45, 2.75) is 31.5 Å². The Labute approximate surface area is 199 Å². The van der Waals surface area contributed by atoms with E-state index in [4.69, 9.17) is 14.2 Å². The molecule has 0 radical (unpaired) electrons. The van der Waals surface area contributed by atoms with Gasteiger partial charge < -0.3 is 19.1 Å². The van der Waals surface area contributed by atoms with E-state index in [1.54, 1.807) is 20.3 Å². The molecule has 5 rings (SSSR count). The first-order chi connectivity index (χ1) is 16.5. The summed E-state index contributed by atoms with van der Waals surface area (Å²) in [4.78, 5) is 15.6. The molecule has 1 atom stereocenters. The molecule has 8 nitrogen and oxygen atoms in total. The molecular formula is C26H30N4O4. The minimum absolute atomic E-state index is 0.00102. The molecule has 34 heavy (non-hydrogen) atoms. The van der Waals surface area contributed by atoms with Gasteiger partial charge >= 0.3 is 6.09 Å². The third-order valence-electron chi connectivity index (χ3n) is 6.31. The molecule has 178 valence electrons. The molecule has 0 saturated carbocycles. The molecule has 2 aromatic carbocycles. The summed E-state index contributed by atoms with van der Waals surface area (Å²) < 4.78 is 17.8. The minimum Gasteiger partial charge on any atom is -0.488 e. The predicted molar refractivity (Wildman–Crippen MR) is 128 cm³/mol. The number of aromatic amines is 1. The van der Waals surface area contributed by atoms with Crippen LogP contribution in [0.15, 0.2) is 54.7 Å². The van der Waals surface area contributed by atoms with Crippen molar-refractivity contribution in [3.8, 4) is 28.5 Å². The molecule has 0 spiro atoms. The first-order valence-electron chi connectivity index (χ1n) is 11.7. The number of fused-ring (bicyclic) bond motifs is 1. The number of aromatic nitrogens is 2. The fraction of sp³-hybridized carbons (Fsp3) is 0.385. The number of H-pyrrole nitrogens is 1. The number of rotatable bonds is 6. The van der Waals surface area contributed by atoms with E-state index in [-0.39, 0.29) is 18.3 Å². The average Bonchev–Trinajstić information content (AvgIpc) is 3.50. The van der Waals surface area contributed by atoms with Crippen LogP contribution in [0.4, 0.5) is 4.79 Å². The Balaban J connectivity index is 1.12. The summed E-state index contributed by atoms with van der Waals surface area (Å²) in [6.07, 6.45) is 4.21. The second kappa shape index (κ2) is 9.77. The smallest absolute Gasteiger partial charge is 0.409 e. The van der Waals surface area contributed by atoms with Crippen molar-refractivity contribution in [3.63, 3.8) is 0 Å². The number of nitrogens with zero attached hydrogens (tertiary/aromatic N) is 3. The standard InChI is InChI=1S/C26H30N4O4/c1-29(2)26(31)34-21-10-13-30(14-11-21)17-23-15-19-5-8-22(16-25(19)33-23)32-20-6-3-18(4-7-20)24-9-12-27-28-24/h3-9,12,16,21,23H,10-11,13-15,17H2,1-2H3,(H,27,28). The van der Waals surface area contributed by atoms with Crippen LogP contribution in [0.2, 0.25) is 0 Å². The summed E-state index contributed by atoms with van der Waals surface area (Å²) in [6.45, 7) is 2.68. The van der Waals surface area contributed by atoms with Crippen molar-refractivity contribution in [1.29, 1.82) is 0 Å². The molecule has 8 heteroatoms. The van der Waals surface area contributed by atoms with Gasteiger partial charge in [-0.1, -0.05) is 6.07 Å². The van der Waals surface area contributed by atoms with Crippen molar-refractivity contribution in [2.24, 2.45) is 0 Å². The maximum Gasteiger partial charge on any atom is 0.409 e. The fourth-order valence-electron chi connectivity index (χ4n) is 4.45. The van der Waals surface area contributed by atoms with Crippen LogP contribution < -0.4 is 9.47 Å². The molecule has 1 fully saturated rings. The number of benzene rings is 2. The van der Waals surface area contributed by atoms with Crippen LogP contribution >= 0.6 is 0 Å². The van der Waals surface area contributed by atoms with E-state index in [0.29, 0.717) is 0 Å². The number of likely N-dealkylation sites (tertiary alicyclic amines) is 1. The Bertz CT molecular complexity index is 1110. The number of hydrogen-bond donors (Lipinski definition) is 1. The van der Waals surface area contributed by atoms with Gasteiger partial charge in [0.05, 0.1) is 5.69 Å². The summed E-state index contributed by atoms with van der Waals surface area (Å²) in [7, 11) is 3.42. The number of nitrogens with one attached hydrogen (secondary N) is 1. The lowest BCUT2D eigenvalue weighted by molar-refractivity contribution is 0.0281. The third-order valence-corrected chi connectivity index (χ3v) is 6.31. The summed E-state index contributed by atoms with van der Waals surface area (Å²) in [5.41, 5.74) is 3.24. The highest BCUT2D eigenvalue weighted by Gasteiger charge is 2.29. The van der Waals surface area contributed by atoms with Crippen LogP contribution in [-0.2, 0) is 11.2 Å². The SMILES string of the molecule is CN(C)C(=O)OC1CCN(CC2Cc3ccc(Oc4ccc(-c5ccn[nH]5)cc4)cc3O2)CC1. The summed E-state index contributed by atoms with van der Waals surface area (Å²) >= 11 is 0. The number of carbonyl (C=O) groups excluding carboxylic acids is 1. The van der Waals surface area contributed by atoms with Crippen molar-refractivity contribution < 1.29 is 19.0 Å². The summed E-state index contributed by atoms with van der Waals surface area (Å²) in [5, 5.41) is 6.96. The molecule has 2 aliphatic heterocycles. The first kappa shape index (κ1) is 22.3. The molecule has 1 unspecified atom stereocenters.